The fourth-order valence-electron chi connectivity index (χ4n) is 3.48. The number of nitrogens with one attached hydrogen (secondary N) is 1. The zero-order valence-electron chi connectivity index (χ0n) is 17.5. The molecule has 2 aromatic rings. The van der Waals surface area contributed by atoms with Gasteiger partial charge in [-0.1, -0.05) is 0 Å². The van der Waals surface area contributed by atoms with Crippen molar-refractivity contribution in [3.63, 3.8) is 0 Å². The largest absolute Gasteiger partial charge is 0.444 e. The van der Waals surface area contributed by atoms with Gasteiger partial charge in [-0.05, 0) is 78.0 Å². The molecule has 3 rings (SSSR count). The van der Waals surface area contributed by atoms with Gasteiger partial charge in [0.05, 0.1) is 0 Å². The van der Waals surface area contributed by atoms with Crippen molar-refractivity contribution in [3.8, 4) is 5.75 Å². The highest BCUT2D eigenvalue weighted by molar-refractivity contribution is 5.88. The summed E-state index contributed by atoms with van der Waals surface area (Å²) < 4.78 is 16.2. The summed E-state index contributed by atoms with van der Waals surface area (Å²) >= 11 is 0. The number of carbonyl (C=O) groups is 2. The number of esters is 1. The zero-order valence-corrected chi connectivity index (χ0v) is 17.5. The Balaban J connectivity index is 1.82. The van der Waals surface area contributed by atoms with Crippen molar-refractivity contribution >= 4 is 23.0 Å². The monoisotopic (exact) mass is 401 g/mol. The fraction of sp³-hybridized carbons (Fsp3) is 0.500. The van der Waals surface area contributed by atoms with Crippen LogP contribution in [0.25, 0.3) is 11.0 Å². The third-order valence-electron chi connectivity index (χ3n) is 4.89. The number of amides is 1. The number of ether oxygens (including phenoxy) is 2. The summed E-state index contributed by atoms with van der Waals surface area (Å²) in [5.74, 6) is -0.349. The van der Waals surface area contributed by atoms with E-state index >= 15 is 0 Å². The van der Waals surface area contributed by atoms with Crippen LogP contribution in [-0.4, -0.2) is 23.7 Å². The molecular weight excluding hydrogens is 374 g/mol. The van der Waals surface area contributed by atoms with E-state index in [-0.39, 0.29) is 5.63 Å². The summed E-state index contributed by atoms with van der Waals surface area (Å²) in [6.45, 7) is 8.47. The molecule has 1 aliphatic carbocycles. The van der Waals surface area contributed by atoms with Gasteiger partial charge in [0.15, 0.2) is 0 Å². The topological polar surface area (TPSA) is 94.8 Å². The third kappa shape index (κ3) is 4.60. The van der Waals surface area contributed by atoms with E-state index in [1.165, 1.54) is 6.92 Å². The van der Waals surface area contributed by atoms with Crippen LogP contribution in [0.1, 0.15) is 57.2 Å². The van der Waals surface area contributed by atoms with Gasteiger partial charge in [-0.3, -0.25) is 0 Å². The highest BCUT2D eigenvalue weighted by atomic mass is 16.6. The smallest absolute Gasteiger partial charge is 0.408 e. The summed E-state index contributed by atoms with van der Waals surface area (Å²) in [6.07, 6.45) is 2.90. The molecule has 29 heavy (non-hydrogen) atoms. The highest BCUT2D eigenvalue weighted by Crippen LogP contribution is 2.32. The molecule has 1 N–H and O–H groups in total. The summed E-state index contributed by atoms with van der Waals surface area (Å²) in [7, 11) is 0. The maximum absolute atomic E-state index is 12.4. The van der Waals surface area contributed by atoms with Crippen molar-refractivity contribution in [1.29, 1.82) is 0 Å². The van der Waals surface area contributed by atoms with Crippen molar-refractivity contribution in [3.05, 3.63) is 39.2 Å². The molecule has 0 saturated heterocycles. The predicted octanol–water partition coefficient (Wildman–Crippen LogP) is 3.80. The minimum Gasteiger partial charge on any atom is -0.444 e. The van der Waals surface area contributed by atoms with E-state index in [0.717, 1.165) is 42.2 Å². The van der Waals surface area contributed by atoms with E-state index in [1.807, 2.05) is 6.07 Å². The Morgan fingerprint density at radius 3 is 2.45 bits per heavy atom. The average Bonchev–Trinajstić information content (AvgIpc) is 2.63. The second-order valence-corrected chi connectivity index (χ2v) is 8.41. The molecule has 0 fully saturated rings. The Labute approximate surface area is 169 Å². The molecule has 1 aromatic carbocycles. The Morgan fingerprint density at radius 1 is 1.14 bits per heavy atom. The molecule has 156 valence electrons. The molecule has 1 amide bonds. The molecule has 0 unspecified atom stereocenters. The number of carbonyl (C=O) groups excluding carboxylic acids is 2. The molecule has 0 spiro atoms. The first kappa shape index (κ1) is 20.9. The number of hydrogen-bond donors (Lipinski definition) is 1. The summed E-state index contributed by atoms with van der Waals surface area (Å²) in [6, 6.07) is 2.62. The van der Waals surface area contributed by atoms with E-state index in [1.54, 1.807) is 33.8 Å². The number of alkyl carbamates (subject to hydrolysis) is 1. The van der Waals surface area contributed by atoms with E-state index in [2.05, 4.69) is 5.32 Å². The lowest BCUT2D eigenvalue weighted by Crippen LogP contribution is -2.43. The molecule has 0 saturated carbocycles. The highest BCUT2D eigenvalue weighted by Gasteiger charge is 2.24. The molecular formula is C22H27NO6. The van der Waals surface area contributed by atoms with Gasteiger partial charge in [0.25, 0.3) is 0 Å². The standard InChI is InChI=1S/C22H27NO6/c1-12-17(27-19(24)13(2)23-21(26)29-22(3,4)5)11-10-15-14-8-6-7-9-16(14)20(25)28-18(12)15/h10-11,13H,6-9H2,1-5H3,(H,23,26)/t13-/m0/s1. The van der Waals surface area contributed by atoms with Gasteiger partial charge in [-0.15, -0.1) is 0 Å². The van der Waals surface area contributed by atoms with Crippen LogP contribution in [0.5, 0.6) is 5.75 Å². The first-order valence-electron chi connectivity index (χ1n) is 9.86. The Hall–Kier alpha value is -2.83. The molecule has 1 aliphatic rings. The van der Waals surface area contributed by atoms with Crippen molar-refractivity contribution in [2.75, 3.05) is 0 Å². The quantitative estimate of drug-likeness (QED) is 0.478. The van der Waals surface area contributed by atoms with Crippen LogP contribution in [0.3, 0.4) is 0 Å². The van der Waals surface area contributed by atoms with E-state index in [4.69, 9.17) is 13.9 Å². The predicted molar refractivity (Wildman–Crippen MR) is 108 cm³/mol. The lowest BCUT2D eigenvalue weighted by Gasteiger charge is -2.21. The van der Waals surface area contributed by atoms with E-state index < -0.39 is 23.7 Å². The van der Waals surface area contributed by atoms with Gasteiger partial charge >= 0.3 is 17.7 Å². The van der Waals surface area contributed by atoms with Crippen LogP contribution in [0.15, 0.2) is 21.3 Å². The van der Waals surface area contributed by atoms with Gasteiger partial charge in [-0.25, -0.2) is 14.4 Å². The van der Waals surface area contributed by atoms with E-state index in [9.17, 15) is 14.4 Å². The normalized spacial score (nSPS) is 14.8. The number of aryl methyl sites for hydroxylation is 2. The number of fused-ring (bicyclic) bond motifs is 3. The zero-order chi connectivity index (χ0) is 21.3. The average molecular weight is 401 g/mol. The van der Waals surface area contributed by atoms with Crippen molar-refractivity contribution in [2.24, 2.45) is 0 Å². The second kappa shape index (κ2) is 7.89. The third-order valence-corrected chi connectivity index (χ3v) is 4.89. The second-order valence-electron chi connectivity index (χ2n) is 8.41. The Kier molecular flexibility index (Phi) is 5.68. The van der Waals surface area contributed by atoms with Crippen molar-refractivity contribution < 1.29 is 23.5 Å². The molecule has 1 heterocycles. The Morgan fingerprint density at radius 2 is 1.79 bits per heavy atom. The van der Waals surface area contributed by atoms with Crippen LogP contribution in [-0.2, 0) is 22.4 Å². The van der Waals surface area contributed by atoms with Crippen LogP contribution in [0.2, 0.25) is 0 Å². The number of rotatable bonds is 3. The molecule has 0 radical (unpaired) electrons. The van der Waals surface area contributed by atoms with Gasteiger partial charge in [-0.2, -0.15) is 0 Å². The lowest BCUT2D eigenvalue weighted by molar-refractivity contribution is -0.136. The SMILES string of the molecule is Cc1c(OC(=O)[C@H](C)NC(=O)OC(C)(C)C)ccc2c3c(c(=O)oc12)CCCC3. The summed E-state index contributed by atoms with van der Waals surface area (Å²) in [5, 5.41) is 3.34. The molecule has 1 atom stereocenters. The molecule has 1 aromatic heterocycles. The van der Waals surface area contributed by atoms with Crippen LogP contribution >= 0.6 is 0 Å². The number of benzene rings is 1. The van der Waals surface area contributed by atoms with Crippen LogP contribution in [0.4, 0.5) is 4.79 Å². The van der Waals surface area contributed by atoms with E-state index in [0.29, 0.717) is 16.9 Å². The molecule has 0 bridgehead atoms. The first-order chi connectivity index (χ1) is 13.6. The summed E-state index contributed by atoms with van der Waals surface area (Å²) in [4.78, 5) is 36.6. The fourth-order valence-corrected chi connectivity index (χ4v) is 3.48. The Bertz CT molecular complexity index is 1010. The minimum absolute atomic E-state index is 0.291. The van der Waals surface area contributed by atoms with Gasteiger partial charge < -0.3 is 19.2 Å². The van der Waals surface area contributed by atoms with Crippen molar-refractivity contribution in [1.82, 2.24) is 5.32 Å². The first-order valence-corrected chi connectivity index (χ1v) is 9.86. The van der Waals surface area contributed by atoms with Gasteiger partial charge in [0.2, 0.25) is 0 Å². The van der Waals surface area contributed by atoms with Crippen molar-refractivity contribution in [2.45, 2.75) is 71.9 Å². The maximum Gasteiger partial charge on any atom is 0.408 e. The molecule has 0 aliphatic heterocycles. The summed E-state index contributed by atoms with van der Waals surface area (Å²) in [5.41, 5.74) is 1.81. The molecule has 7 heteroatoms. The minimum atomic E-state index is -0.907. The van der Waals surface area contributed by atoms with Crippen LogP contribution in [0, 0.1) is 6.92 Å². The number of hydrogen-bond acceptors (Lipinski definition) is 6. The van der Waals surface area contributed by atoms with Gasteiger partial charge in [0, 0.05) is 16.5 Å². The maximum atomic E-state index is 12.4. The van der Waals surface area contributed by atoms with Crippen LogP contribution < -0.4 is 15.7 Å². The van der Waals surface area contributed by atoms with Gasteiger partial charge in [0.1, 0.15) is 23.0 Å². The molecule has 7 nitrogen and oxygen atoms in total. The lowest BCUT2D eigenvalue weighted by atomic mass is 9.90.